The summed E-state index contributed by atoms with van der Waals surface area (Å²) in [5.41, 5.74) is 2.54. The van der Waals surface area contributed by atoms with E-state index in [1.165, 1.54) is 37.2 Å². The minimum atomic E-state index is 0.554. The molecule has 1 aromatic carbocycles. The molecule has 2 unspecified atom stereocenters. The summed E-state index contributed by atoms with van der Waals surface area (Å²) >= 11 is 6.41. The van der Waals surface area contributed by atoms with Crippen molar-refractivity contribution in [3.63, 3.8) is 0 Å². The lowest BCUT2D eigenvalue weighted by Gasteiger charge is -2.44. The zero-order valence-electron chi connectivity index (χ0n) is 12.4. The van der Waals surface area contributed by atoms with Gasteiger partial charge in [0.15, 0.2) is 0 Å². The van der Waals surface area contributed by atoms with Gasteiger partial charge in [0, 0.05) is 48.0 Å². The number of benzene rings is 1. The van der Waals surface area contributed by atoms with Crippen LogP contribution in [-0.2, 0) is 6.54 Å². The van der Waals surface area contributed by atoms with Gasteiger partial charge in [0.1, 0.15) is 0 Å². The number of hydrogen-bond donors (Lipinski definition) is 1. The summed E-state index contributed by atoms with van der Waals surface area (Å²) in [6, 6.07) is 7.57. The molecule has 0 spiro atoms. The molecule has 2 aliphatic heterocycles. The van der Waals surface area contributed by atoms with Crippen LogP contribution in [0.3, 0.4) is 0 Å². The lowest BCUT2D eigenvalue weighted by atomic mass is 10.0. The lowest BCUT2D eigenvalue weighted by Crippen LogP contribution is -2.55. The Morgan fingerprint density at radius 2 is 2.20 bits per heavy atom. The molecule has 1 N–H and O–H groups in total. The fraction of sp³-hybridized carbons (Fsp3) is 0.625. The van der Waals surface area contributed by atoms with E-state index >= 15 is 0 Å². The van der Waals surface area contributed by atoms with Crippen LogP contribution in [0, 0.1) is 0 Å². The molecule has 4 heteroatoms. The molecule has 2 saturated heterocycles. The number of nitrogens with zero attached hydrogens (tertiary/aromatic N) is 2. The van der Waals surface area contributed by atoms with E-state index in [0.717, 1.165) is 24.2 Å². The first-order chi connectivity index (χ1) is 9.70. The molecule has 0 amide bonds. The minimum Gasteiger partial charge on any atom is -0.366 e. The van der Waals surface area contributed by atoms with Crippen molar-refractivity contribution in [2.24, 2.45) is 0 Å². The van der Waals surface area contributed by atoms with E-state index in [4.69, 9.17) is 11.6 Å². The number of hydrogen-bond acceptors (Lipinski definition) is 3. The smallest absolute Gasteiger partial charge is 0.0471 e. The van der Waals surface area contributed by atoms with E-state index in [-0.39, 0.29) is 0 Å². The average molecular weight is 294 g/mol. The second kappa shape index (κ2) is 5.92. The number of fused-ring (bicyclic) bond motifs is 1. The van der Waals surface area contributed by atoms with Crippen molar-refractivity contribution in [3.8, 4) is 0 Å². The van der Waals surface area contributed by atoms with Crippen LogP contribution < -0.4 is 10.2 Å². The van der Waals surface area contributed by atoms with Gasteiger partial charge < -0.3 is 10.2 Å². The maximum atomic E-state index is 6.41. The summed E-state index contributed by atoms with van der Waals surface area (Å²) in [7, 11) is 1.98. The molecule has 0 saturated carbocycles. The number of halogens is 1. The summed E-state index contributed by atoms with van der Waals surface area (Å²) in [5, 5.41) is 4.12. The van der Waals surface area contributed by atoms with Gasteiger partial charge in [-0.1, -0.05) is 17.7 Å². The summed E-state index contributed by atoms with van der Waals surface area (Å²) in [6.07, 6.45) is 2.69. The van der Waals surface area contributed by atoms with Crippen molar-refractivity contribution in [3.05, 3.63) is 28.8 Å². The summed E-state index contributed by atoms with van der Waals surface area (Å²) in [5.74, 6) is 0. The molecule has 2 fully saturated rings. The maximum absolute atomic E-state index is 6.41. The van der Waals surface area contributed by atoms with E-state index in [2.05, 4.69) is 34.2 Å². The molecule has 20 heavy (non-hydrogen) atoms. The molecule has 0 aliphatic carbocycles. The Balaban J connectivity index is 1.89. The van der Waals surface area contributed by atoms with E-state index in [1.54, 1.807) is 0 Å². The van der Waals surface area contributed by atoms with E-state index in [1.807, 2.05) is 13.1 Å². The fourth-order valence-corrected chi connectivity index (χ4v) is 3.93. The van der Waals surface area contributed by atoms with Crippen LogP contribution >= 0.6 is 11.6 Å². The highest BCUT2D eigenvalue weighted by Crippen LogP contribution is 2.33. The molecule has 3 nitrogen and oxygen atoms in total. The van der Waals surface area contributed by atoms with Gasteiger partial charge in [-0.3, -0.25) is 4.90 Å². The quantitative estimate of drug-likeness (QED) is 0.924. The average Bonchev–Trinajstić information content (AvgIpc) is 2.87. The third-order valence-electron chi connectivity index (χ3n) is 4.69. The third kappa shape index (κ3) is 2.54. The predicted octanol–water partition coefficient (Wildman–Crippen LogP) is 2.73. The van der Waals surface area contributed by atoms with Gasteiger partial charge in [0.25, 0.3) is 0 Å². The molecule has 2 heterocycles. The lowest BCUT2D eigenvalue weighted by molar-refractivity contribution is 0.203. The Morgan fingerprint density at radius 1 is 1.35 bits per heavy atom. The zero-order valence-corrected chi connectivity index (χ0v) is 13.2. The van der Waals surface area contributed by atoms with E-state index in [0.29, 0.717) is 6.04 Å². The molecule has 2 atom stereocenters. The van der Waals surface area contributed by atoms with Gasteiger partial charge in [-0.05, 0) is 45.5 Å². The first-order valence-electron chi connectivity index (χ1n) is 7.63. The number of rotatable bonds is 3. The molecule has 0 aromatic heterocycles. The number of piperazine rings is 1. The van der Waals surface area contributed by atoms with Crippen LogP contribution in [0.4, 0.5) is 5.69 Å². The Bertz CT molecular complexity index is 477. The highest BCUT2D eigenvalue weighted by Gasteiger charge is 2.35. The molecular formula is C16H24ClN3. The molecule has 0 bridgehead atoms. The fourth-order valence-electron chi connectivity index (χ4n) is 3.69. The standard InChI is InChI=1S/C16H24ClN3/c1-12-10-19-8-4-5-13(19)11-20(12)16-7-3-6-15(17)14(16)9-18-2/h3,6-7,12-13,18H,4-5,8-11H2,1-2H3. The molecular weight excluding hydrogens is 270 g/mol. The van der Waals surface area contributed by atoms with Crippen molar-refractivity contribution in [2.45, 2.75) is 38.4 Å². The summed E-state index contributed by atoms with van der Waals surface area (Å²) in [6.45, 7) is 6.75. The third-order valence-corrected chi connectivity index (χ3v) is 5.05. The highest BCUT2D eigenvalue weighted by atomic mass is 35.5. The number of anilines is 1. The number of nitrogens with one attached hydrogen (secondary N) is 1. The van der Waals surface area contributed by atoms with Gasteiger partial charge in [-0.15, -0.1) is 0 Å². The second-order valence-corrected chi connectivity index (χ2v) is 6.47. The van der Waals surface area contributed by atoms with E-state index in [9.17, 15) is 0 Å². The van der Waals surface area contributed by atoms with Gasteiger partial charge in [0.2, 0.25) is 0 Å². The van der Waals surface area contributed by atoms with Gasteiger partial charge >= 0.3 is 0 Å². The van der Waals surface area contributed by atoms with Crippen LogP contribution in [0.25, 0.3) is 0 Å². The van der Waals surface area contributed by atoms with Crippen LogP contribution in [-0.4, -0.2) is 43.7 Å². The van der Waals surface area contributed by atoms with Crippen molar-refractivity contribution in [1.82, 2.24) is 10.2 Å². The van der Waals surface area contributed by atoms with Gasteiger partial charge in [-0.2, -0.15) is 0 Å². The first-order valence-corrected chi connectivity index (χ1v) is 8.01. The molecule has 2 aliphatic rings. The zero-order chi connectivity index (χ0) is 14.1. The van der Waals surface area contributed by atoms with Crippen LogP contribution in [0.1, 0.15) is 25.3 Å². The minimum absolute atomic E-state index is 0.554. The van der Waals surface area contributed by atoms with Crippen molar-refractivity contribution in [1.29, 1.82) is 0 Å². The highest BCUT2D eigenvalue weighted by molar-refractivity contribution is 6.31. The van der Waals surface area contributed by atoms with E-state index < -0.39 is 0 Å². The van der Waals surface area contributed by atoms with Crippen LogP contribution in [0.2, 0.25) is 5.02 Å². The molecule has 0 radical (unpaired) electrons. The Hall–Kier alpha value is -0.770. The molecule has 110 valence electrons. The first kappa shape index (κ1) is 14.2. The summed E-state index contributed by atoms with van der Waals surface area (Å²) < 4.78 is 0. The molecule has 3 rings (SSSR count). The molecule has 1 aromatic rings. The Morgan fingerprint density at radius 3 is 3.00 bits per heavy atom. The second-order valence-electron chi connectivity index (χ2n) is 6.06. The SMILES string of the molecule is CNCc1c(Cl)cccc1N1CC2CCCN2CC1C. The Labute approximate surface area is 126 Å². The van der Waals surface area contributed by atoms with Crippen LogP contribution in [0.15, 0.2) is 18.2 Å². The normalized spacial score (nSPS) is 26.9. The van der Waals surface area contributed by atoms with Crippen molar-refractivity contribution < 1.29 is 0 Å². The Kier molecular flexibility index (Phi) is 4.20. The summed E-state index contributed by atoms with van der Waals surface area (Å²) in [4.78, 5) is 5.22. The van der Waals surface area contributed by atoms with Crippen molar-refractivity contribution in [2.75, 3.05) is 31.6 Å². The maximum Gasteiger partial charge on any atom is 0.0471 e. The van der Waals surface area contributed by atoms with Crippen molar-refractivity contribution >= 4 is 17.3 Å². The monoisotopic (exact) mass is 293 g/mol. The van der Waals surface area contributed by atoms with Gasteiger partial charge in [-0.25, -0.2) is 0 Å². The largest absolute Gasteiger partial charge is 0.366 e. The van der Waals surface area contributed by atoms with Crippen LogP contribution in [0.5, 0.6) is 0 Å². The predicted molar refractivity (Wildman–Crippen MR) is 85.6 cm³/mol. The van der Waals surface area contributed by atoms with Gasteiger partial charge in [0.05, 0.1) is 0 Å². The topological polar surface area (TPSA) is 18.5 Å².